The summed E-state index contributed by atoms with van der Waals surface area (Å²) in [5.41, 5.74) is -0.113. The lowest BCUT2D eigenvalue weighted by Crippen LogP contribution is -2.25. The van der Waals surface area contributed by atoms with Crippen LogP contribution in [0.1, 0.15) is 38.5 Å². The second-order valence-corrected chi connectivity index (χ2v) is 4.71. The lowest BCUT2D eigenvalue weighted by atomic mass is 9.89. The molecule has 2 aliphatic carbocycles. The van der Waals surface area contributed by atoms with Crippen molar-refractivity contribution in [2.75, 3.05) is 6.61 Å². The van der Waals surface area contributed by atoms with E-state index in [-0.39, 0.29) is 18.4 Å². The highest BCUT2D eigenvalue weighted by atomic mass is 19.3. The van der Waals surface area contributed by atoms with Crippen LogP contribution in [0.25, 0.3) is 0 Å². The van der Waals surface area contributed by atoms with Crippen LogP contribution in [0.3, 0.4) is 0 Å². The maximum atomic E-state index is 13.2. The molecule has 76 valence electrons. The maximum absolute atomic E-state index is 13.2. The van der Waals surface area contributed by atoms with Gasteiger partial charge in [-0.3, -0.25) is 0 Å². The minimum atomic E-state index is -2.45. The second kappa shape index (κ2) is 2.91. The molecule has 0 aromatic heterocycles. The van der Waals surface area contributed by atoms with Crippen LogP contribution >= 0.6 is 0 Å². The number of rotatable bonds is 3. The summed E-state index contributed by atoms with van der Waals surface area (Å²) >= 11 is 0. The standard InChI is InChI=1S/C10H16F2O/c11-10(12)3-1-2-8(10)6-9(7-13)4-5-9/h8,13H,1-7H2. The number of aliphatic hydroxyl groups excluding tert-OH is 1. The molecular weight excluding hydrogens is 174 g/mol. The molecule has 2 aliphatic rings. The normalized spacial score (nSPS) is 34.8. The summed E-state index contributed by atoms with van der Waals surface area (Å²) in [5.74, 6) is -2.91. The maximum Gasteiger partial charge on any atom is 0.250 e. The molecule has 0 saturated heterocycles. The molecule has 2 fully saturated rings. The fourth-order valence-electron chi connectivity index (χ4n) is 2.38. The van der Waals surface area contributed by atoms with Crippen LogP contribution in [0.5, 0.6) is 0 Å². The van der Waals surface area contributed by atoms with Crippen LogP contribution in [0, 0.1) is 11.3 Å². The van der Waals surface area contributed by atoms with Crippen molar-refractivity contribution in [2.45, 2.75) is 44.4 Å². The van der Waals surface area contributed by atoms with E-state index in [0.29, 0.717) is 19.3 Å². The molecule has 0 aliphatic heterocycles. The molecule has 0 heterocycles. The average molecular weight is 190 g/mol. The molecule has 1 atom stereocenters. The number of hydrogen-bond donors (Lipinski definition) is 1. The van der Waals surface area contributed by atoms with E-state index in [1.54, 1.807) is 0 Å². The average Bonchev–Trinajstić information content (AvgIpc) is 2.76. The van der Waals surface area contributed by atoms with Crippen molar-refractivity contribution in [3.8, 4) is 0 Å². The van der Waals surface area contributed by atoms with Gasteiger partial charge >= 0.3 is 0 Å². The van der Waals surface area contributed by atoms with Crippen molar-refractivity contribution < 1.29 is 13.9 Å². The smallest absolute Gasteiger partial charge is 0.250 e. The van der Waals surface area contributed by atoms with Gasteiger partial charge in [0.2, 0.25) is 0 Å². The molecule has 13 heavy (non-hydrogen) atoms. The third-order valence-electron chi connectivity index (χ3n) is 3.63. The summed E-state index contributed by atoms with van der Waals surface area (Å²) in [6.45, 7) is 0.0968. The van der Waals surface area contributed by atoms with Gasteiger partial charge in [-0.2, -0.15) is 0 Å². The Hall–Kier alpha value is -0.180. The topological polar surface area (TPSA) is 20.2 Å². The Morgan fingerprint density at radius 3 is 2.31 bits per heavy atom. The molecule has 1 unspecified atom stereocenters. The molecule has 3 heteroatoms. The van der Waals surface area contributed by atoms with Crippen molar-refractivity contribution >= 4 is 0 Å². The summed E-state index contributed by atoms with van der Waals surface area (Å²) in [5, 5.41) is 9.04. The predicted molar refractivity (Wildman–Crippen MR) is 45.7 cm³/mol. The minimum Gasteiger partial charge on any atom is -0.396 e. The van der Waals surface area contributed by atoms with Gasteiger partial charge in [0.25, 0.3) is 5.92 Å². The first kappa shape index (κ1) is 9.38. The lowest BCUT2D eigenvalue weighted by molar-refractivity contribution is -0.0488. The van der Waals surface area contributed by atoms with E-state index in [1.807, 2.05) is 0 Å². The Bertz CT molecular complexity index is 199. The molecule has 1 N–H and O–H groups in total. The van der Waals surface area contributed by atoms with Crippen LogP contribution in [-0.2, 0) is 0 Å². The van der Waals surface area contributed by atoms with Crippen molar-refractivity contribution in [3.63, 3.8) is 0 Å². The lowest BCUT2D eigenvalue weighted by Gasteiger charge is -2.23. The van der Waals surface area contributed by atoms with E-state index >= 15 is 0 Å². The number of halogens is 2. The molecule has 0 aromatic carbocycles. The first-order valence-electron chi connectivity index (χ1n) is 5.07. The predicted octanol–water partition coefficient (Wildman–Crippen LogP) is 2.58. The SMILES string of the molecule is OCC1(CC2CCCC2(F)F)CC1. The van der Waals surface area contributed by atoms with Gasteiger partial charge in [-0.1, -0.05) is 0 Å². The fraction of sp³-hybridized carbons (Fsp3) is 1.00. The third kappa shape index (κ3) is 1.71. The van der Waals surface area contributed by atoms with Crippen molar-refractivity contribution in [1.29, 1.82) is 0 Å². The van der Waals surface area contributed by atoms with Crippen LogP contribution in [-0.4, -0.2) is 17.6 Å². The van der Waals surface area contributed by atoms with E-state index in [0.717, 1.165) is 12.8 Å². The zero-order chi connectivity index (χ0) is 9.53. The van der Waals surface area contributed by atoms with E-state index in [1.165, 1.54) is 0 Å². The molecule has 1 nitrogen and oxygen atoms in total. The zero-order valence-corrected chi connectivity index (χ0v) is 7.73. The van der Waals surface area contributed by atoms with Crippen LogP contribution in [0.4, 0.5) is 8.78 Å². The molecule has 0 amide bonds. The summed E-state index contributed by atoms with van der Waals surface area (Å²) < 4.78 is 26.4. The zero-order valence-electron chi connectivity index (χ0n) is 7.73. The Morgan fingerprint density at radius 1 is 1.23 bits per heavy atom. The summed E-state index contributed by atoms with van der Waals surface area (Å²) in [6.07, 6.45) is 3.77. The third-order valence-corrected chi connectivity index (χ3v) is 3.63. The number of alkyl halides is 2. The largest absolute Gasteiger partial charge is 0.396 e. The van der Waals surface area contributed by atoms with E-state index in [2.05, 4.69) is 0 Å². The molecule has 0 bridgehead atoms. The summed E-state index contributed by atoms with van der Waals surface area (Å²) in [4.78, 5) is 0. The number of aliphatic hydroxyl groups is 1. The Balaban J connectivity index is 1.94. The van der Waals surface area contributed by atoms with Gasteiger partial charge in [0, 0.05) is 18.9 Å². The van der Waals surface area contributed by atoms with Crippen LogP contribution in [0.2, 0.25) is 0 Å². The van der Waals surface area contributed by atoms with Gasteiger partial charge in [0.05, 0.1) is 0 Å². The highest BCUT2D eigenvalue weighted by Crippen LogP contribution is 2.55. The summed E-state index contributed by atoms with van der Waals surface area (Å²) in [6, 6.07) is 0. The van der Waals surface area contributed by atoms with Gasteiger partial charge in [-0.25, -0.2) is 8.78 Å². The molecule has 0 radical (unpaired) electrons. The molecule has 0 spiro atoms. The van der Waals surface area contributed by atoms with Crippen LogP contribution in [0.15, 0.2) is 0 Å². The van der Waals surface area contributed by atoms with E-state index in [4.69, 9.17) is 5.11 Å². The monoisotopic (exact) mass is 190 g/mol. The van der Waals surface area contributed by atoms with Gasteiger partial charge < -0.3 is 5.11 Å². The first-order valence-corrected chi connectivity index (χ1v) is 5.07. The number of hydrogen-bond acceptors (Lipinski definition) is 1. The van der Waals surface area contributed by atoms with Crippen molar-refractivity contribution in [2.24, 2.45) is 11.3 Å². The summed E-state index contributed by atoms with van der Waals surface area (Å²) in [7, 11) is 0. The first-order chi connectivity index (χ1) is 6.08. The quantitative estimate of drug-likeness (QED) is 0.725. The van der Waals surface area contributed by atoms with Crippen molar-refractivity contribution in [1.82, 2.24) is 0 Å². The van der Waals surface area contributed by atoms with Gasteiger partial charge in [0.1, 0.15) is 0 Å². The molecular formula is C10H16F2O. The Morgan fingerprint density at radius 2 is 1.92 bits per heavy atom. The van der Waals surface area contributed by atoms with Crippen molar-refractivity contribution in [3.05, 3.63) is 0 Å². The van der Waals surface area contributed by atoms with Gasteiger partial charge in [-0.05, 0) is 37.5 Å². The van der Waals surface area contributed by atoms with Crippen LogP contribution < -0.4 is 0 Å². The van der Waals surface area contributed by atoms with E-state index < -0.39 is 11.8 Å². The van der Waals surface area contributed by atoms with Gasteiger partial charge in [0.15, 0.2) is 0 Å². The van der Waals surface area contributed by atoms with E-state index in [9.17, 15) is 8.78 Å². The second-order valence-electron chi connectivity index (χ2n) is 4.71. The molecule has 2 saturated carbocycles. The van der Waals surface area contributed by atoms with Gasteiger partial charge in [-0.15, -0.1) is 0 Å². The Kier molecular flexibility index (Phi) is 2.10. The Labute approximate surface area is 77.1 Å². The molecule has 2 rings (SSSR count). The highest BCUT2D eigenvalue weighted by molar-refractivity contribution is 4.98. The molecule has 0 aromatic rings. The highest BCUT2D eigenvalue weighted by Gasteiger charge is 2.51. The fourth-order valence-corrected chi connectivity index (χ4v) is 2.38. The minimum absolute atomic E-state index is 0.0547.